The van der Waals surface area contributed by atoms with Gasteiger partial charge in [-0.15, -0.1) is 0 Å². The van der Waals surface area contributed by atoms with Crippen LogP contribution in [0.4, 0.5) is 0 Å². The van der Waals surface area contributed by atoms with Crippen molar-refractivity contribution in [2.24, 2.45) is 11.7 Å². The van der Waals surface area contributed by atoms with Gasteiger partial charge in [0.15, 0.2) is 0 Å². The third kappa shape index (κ3) is 16.1. The Morgan fingerprint density at radius 3 is 2.11 bits per heavy atom. The molecule has 4 nitrogen and oxygen atoms in total. The van der Waals surface area contributed by atoms with E-state index in [0.29, 0.717) is 32.3 Å². The fraction of sp³-hybridized carbons (Fsp3) is 1.00. The second-order valence-electron chi connectivity index (χ2n) is 4.61. The van der Waals surface area contributed by atoms with Gasteiger partial charge in [-0.05, 0) is 24.6 Å². The Balaban J connectivity index is 2.95. The molecule has 0 saturated heterocycles. The lowest BCUT2D eigenvalue weighted by Crippen LogP contribution is -2.14. The minimum absolute atomic E-state index is 0.598. The molecule has 0 aromatic carbocycles. The predicted molar refractivity (Wildman–Crippen MR) is 82.9 cm³/mol. The van der Waals surface area contributed by atoms with Crippen LogP contribution in [0.3, 0.4) is 0 Å². The van der Waals surface area contributed by atoms with Crippen molar-refractivity contribution in [2.45, 2.75) is 26.7 Å². The second-order valence-corrected chi connectivity index (χ2v) is 5.76. The number of hydrogen-bond donors (Lipinski definition) is 1. The molecule has 1 atom stereocenters. The van der Waals surface area contributed by atoms with Crippen LogP contribution in [0.5, 0.6) is 0 Å². The Morgan fingerprint density at radius 1 is 0.947 bits per heavy atom. The molecule has 0 aliphatic carbocycles. The van der Waals surface area contributed by atoms with E-state index in [-0.39, 0.29) is 0 Å². The van der Waals surface area contributed by atoms with E-state index in [4.69, 9.17) is 19.9 Å². The van der Waals surface area contributed by atoms with Crippen LogP contribution in [0.15, 0.2) is 0 Å². The van der Waals surface area contributed by atoms with Gasteiger partial charge in [0, 0.05) is 12.4 Å². The quantitative estimate of drug-likeness (QED) is 0.469. The van der Waals surface area contributed by atoms with Crippen LogP contribution in [0.25, 0.3) is 0 Å². The molecule has 0 rings (SSSR count). The Hall–Kier alpha value is 0.190. The third-order valence-electron chi connectivity index (χ3n) is 2.56. The molecule has 0 aromatic rings. The first-order chi connectivity index (χ1) is 9.31. The molecule has 0 saturated carbocycles. The first kappa shape index (κ1) is 19.2. The van der Waals surface area contributed by atoms with Crippen molar-refractivity contribution in [3.05, 3.63) is 0 Å². The van der Waals surface area contributed by atoms with Crippen LogP contribution in [-0.4, -0.2) is 57.7 Å². The molecule has 0 amide bonds. The summed E-state index contributed by atoms with van der Waals surface area (Å²) < 4.78 is 16.3. The average molecular weight is 293 g/mol. The number of ether oxygens (including phenoxy) is 3. The molecule has 0 aliphatic rings. The Bertz CT molecular complexity index is 173. The SMILES string of the molecule is CCCCOCCOCCOCCSCC(C)CN. The fourth-order valence-corrected chi connectivity index (χ4v) is 2.20. The number of rotatable bonds is 15. The standard InChI is InChI=1S/C14H31NO3S/c1-3-4-5-16-6-7-17-8-9-18-10-11-19-13-14(2)12-15/h14H,3-13,15H2,1-2H3. The van der Waals surface area contributed by atoms with Crippen molar-refractivity contribution in [2.75, 3.05) is 57.7 Å². The van der Waals surface area contributed by atoms with E-state index in [1.54, 1.807) is 0 Å². The number of hydrogen-bond acceptors (Lipinski definition) is 5. The summed E-state index contributed by atoms with van der Waals surface area (Å²) in [6.07, 6.45) is 2.31. The maximum absolute atomic E-state index is 5.55. The van der Waals surface area contributed by atoms with Crippen molar-refractivity contribution in [1.82, 2.24) is 0 Å². The maximum Gasteiger partial charge on any atom is 0.0701 e. The zero-order chi connectivity index (χ0) is 14.2. The summed E-state index contributed by atoms with van der Waals surface area (Å²) in [7, 11) is 0. The summed E-state index contributed by atoms with van der Waals surface area (Å²) in [6.45, 7) is 9.40. The van der Waals surface area contributed by atoms with Crippen LogP contribution in [0, 0.1) is 5.92 Å². The van der Waals surface area contributed by atoms with Gasteiger partial charge in [-0.1, -0.05) is 20.3 Å². The van der Waals surface area contributed by atoms with Crippen LogP contribution in [0.2, 0.25) is 0 Å². The van der Waals surface area contributed by atoms with E-state index in [2.05, 4.69) is 13.8 Å². The summed E-state index contributed by atoms with van der Waals surface area (Å²) in [6, 6.07) is 0. The Labute approximate surface area is 122 Å². The average Bonchev–Trinajstić information content (AvgIpc) is 2.43. The highest BCUT2D eigenvalue weighted by Gasteiger charge is 1.98. The first-order valence-corrected chi connectivity index (χ1v) is 8.47. The van der Waals surface area contributed by atoms with Crippen LogP contribution in [-0.2, 0) is 14.2 Å². The molecule has 0 aliphatic heterocycles. The van der Waals surface area contributed by atoms with Crippen molar-refractivity contribution in [3.63, 3.8) is 0 Å². The predicted octanol–water partition coefficient (Wildman–Crippen LogP) is 2.16. The van der Waals surface area contributed by atoms with Gasteiger partial charge in [-0.2, -0.15) is 11.8 Å². The lowest BCUT2D eigenvalue weighted by atomic mass is 10.2. The molecule has 1 unspecified atom stereocenters. The fourth-order valence-electron chi connectivity index (χ4n) is 1.26. The van der Waals surface area contributed by atoms with E-state index < -0.39 is 0 Å². The van der Waals surface area contributed by atoms with Gasteiger partial charge in [-0.3, -0.25) is 0 Å². The van der Waals surface area contributed by atoms with Gasteiger partial charge >= 0.3 is 0 Å². The number of unbranched alkanes of at least 4 members (excludes halogenated alkanes) is 1. The van der Waals surface area contributed by atoms with Gasteiger partial charge in [0.25, 0.3) is 0 Å². The summed E-state index contributed by atoms with van der Waals surface area (Å²) >= 11 is 1.90. The number of thioether (sulfide) groups is 1. The zero-order valence-corrected chi connectivity index (χ0v) is 13.4. The highest BCUT2D eigenvalue weighted by atomic mass is 32.2. The summed E-state index contributed by atoms with van der Waals surface area (Å²) in [5.41, 5.74) is 5.55. The molecule has 0 fully saturated rings. The van der Waals surface area contributed by atoms with Crippen LogP contribution < -0.4 is 5.73 Å². The number of nitrogens with two attached hydrogens (primary N) is 1. The van der Waals surface area contributed by atoms with E-state index in [1.165, 1.54) is 6.42 Å². The minimum atomic E-state index is 0.598. The van der Waals surface area contributed by atoms with Crippen molar-refractivity contribution >= 4 is 11.8 Å². The second kappa shape index (κ2) is 16.2. The zero-order valence-electron chi connectivity index (χ0n) is 12.6. The first-order valence-electron chi connectivity index (χ1n) is 7.32. The van der Waals surface area contributed by atoms with Gasteiger partial charge in [-0.25, -0.2) is 0 Å². The van der Waals surface area contributed by atoms with Gasteiger partial charge in [0.1, 0.15) is 0 Å². The highest BCUT2D eigenvalue weighted by molar-refractivity contribution is 7.99. The topological polar surface area (TPSA) is 53.7 Å². The summed E-state index contributed by atoms with van der Waals surface area (Å²) in [4.78, 5) is 0. The molecule has 0 aromatic heterocycles. The van der Waals surface area contributed by atoms with Crippen LogP contribution in [0.1, 0.15) is 26.7 Å². The van der Waals surface area contributed by atoms with Gasteiger partial charge < -0.3 is 19.9 Å². The lowest BCUT2D eigenvalue weighted by Gasteiger charge is -2.08. The highest BCUT2D eigenvalue weighted by Crippen LogP contribution is 2.06. The molecule has 2 N–H and O–H groups in total. The Kier molecular flexibility index (Phi) is 16.4. The molecule has 0 heterocycles. The third-order valence-corrected chi connectivity index (χ3v) is 3.82. The van der Waals surface area contributed by atoms with E-state index in [9.17, 15) is 0 Å². The summed E-state index contributed by atoms with van der Waals surface area (Å²) in [5.74, 6) is 2.75. The van der Waals surface area contributed by atoms with Crippen molar-refractivity contribution in [3.8, 4) is 0 Å². The monoisotopic (exact) mass is 293 g/mol. The van der Waals surface area contributed by atoms with E-state index in [1.807, 2.05) is 11.8 Å². The molecule has 19 heavy (non-hydrogen) atoms. The molecular formula is C14H31NO3S. The van der Waals surface area contributed by atoms with Gasteiger partial charge in [0.2, 0.25) is 0 Å². The van der Waals surface area contributed by atoms with Crippen molar-refractivity contribution in [1.29, 1.82) is 0 Å². The maximum atomic E-state index is 5.55. The molecule has 116 valence electrons. The molecule has 5 heteroatoms. The summed E-state index contributed by atoms with van der Waals surface area (Å²) in [5, 5.41) is 0. The normalized spacial score (nSPS) is 12.8. The molecular weight excluding hydrogens is 262 g/mol. The Morgan fingerprint density at radius 2 is 1.53 bits per heavy atom. The smallest absolute Gasteiger partial charge is 0.0701 e. The van der Waals surface area contributed by atoms with Gasteiger partial charge in [0.05, 0.1) is 33.0 Å². The lowest BCUT2D eigenvalue weighted by molar-refractivity contribution is 0.0169. The van der Waals surface area contributed by atoms with Crippen molar-refractivity contribution < 1.29 is 14.2 Å². The molecule has 0 spiro atoms. The minimum Gasteiger partial charge on any atom is -0.379 e. The largest absolute Gasteiger partial charge is 0.379 e. The molecule has 0 radical (unpaired) electrons. The van der Waals surface area contributed by atoms with Crippen LogP contribution >= 0.6 is 11.8 Å². The van der Waals surface area contributed by atoms with E-state index in [0.717, 1.165) is 37.7 Å². The molecule has 0 bridgehead atoms. The van der Waals surface area contributed by atoms with E-state index >= 15 is 0 Å².